The van der Waals surface area contributed by atoms with E-state index in [2.05, 4.69) is 9.71 Å². The molecule has 0 atom stereocenters. The fourth-order valence-electron chi connectivity index (χ4n) is 1.93. The Morgan fingerprint density at radius 3 is 2.62 bits per heavy atom. The molecule has 24 heavy (non-hydrogen) atoms. The van der Waals surface area contributed by atoms with Crippen molar-refractivity contribution >= 4 is 33.0 Å². The molecule has 1 heterocycles. The second-order valence-electron chi connectivity index (χ2n) is 4.83. The van der Waals surface area contributed by atoms with Gasteiger partial charge in [0.05, 0.1) is 4.90 Å². The van der Waals surface area contributed by atoms with E-state index in [0.717, 1.165) is 5.56 Å². The van der Waals surface area contributed by atoms with Crippen LogP contribution in [0.3, 0.4) is 0 Å². The van der Waals surface area contributed by atoms with Crippen LogP contribution in [-0.2, 0) is 16.6 Å². The maximum absolute atomic E-state index is 12.2. The third kappa shape index (κ3) is 4.33. The van der Waals surface area contributed by atoms with Gasteiger partial charge < -0.3 is 4.74 Å². The second kappa shape index (κ2) is 7.31. The number of nitrogens with zero attached hydrogens (tertiary/aromatic N) is 1. The monoisotopic (exact) mass is 380 g/mol. The van der Waals surface area contributed by atoms with Crippen molar-refractivity contribution in [2.24, 2.45) is 0 Å². The minimum absolute atomic E-state index is 0.138. The standard InChI is InChI=1S/C16H13ClN2O3S2/c17-13-2-1-3-15(10-13)24(20,21)19-11-12-4-6-14(7-5-12)22-16-18-8-9-23-16/h1-10,19H,11H2. The number of rotatable bonds is 6. The van der Waals surface area contributed by atoms with E-state index >= 15 is 0 Å². The average molecular weight is 381 g/mol. The fraction of sp³-hybridized carbons (Fsp3) is 0.0625. The van der Waals surface area contributed by atoms with Crippen LogP contribution in [-0.4, -0.2) is 13.4 Å². The Morgan fingerprint density at radius 2 is 1.96 bits per heavy atom. The average Bonchev–Trinajstić information content (AvgIpc) is 3.07. The molecule has 5 nitrogen and oxygen atoms in total. The van der Waals surface area contributed by atoms with Gasteiger partial charge in [0.2, 0.25) is 10.0 Å². The molecule has 0 unspecified atom stereocenters. The number of ether oxygens (including phenoxy) is 1. The van der Waals surface area contributed by atoms with Crippen molar-refractivity contribution in [2.45, 2.75) is 11.4 Å². The lowest BCUT2D eigenvalue weighted by atomic mass is 10.2. The molecule has 0 fully saturated rings. The van der Waals surface area contributed by atoms with Crippen LogP contribution >= 0.6 is 22.9 Å². The van der Waals surface area contributed by atoms with Crippen LogP contribution in [0, 0.1) is 0 Å². The van der Waals surface area contributed by atoms with Gasteiger partial charge in [-0.2, -0.15) is 0 Å². The van der Waals surface area contributed by atoms with Crippen LogP contribution in [0.25, 0.3) is 0 Å². The number of hydrogen-bond acceptors (Lipinski definition) is 5. The van der Waals surface area contributed by atoms with Gasteiger partial charge in [-0.05, 0) is 35.9 Å². The predicted octanol–water partition coefficient (Wildman–Crippen LogP) is 4.07. The lowest BCUT2D eigenvalue weighted by molar-refractivity contribution is 0.478. The summed E-state index contributed by atoms with van der Waals surface area (Å²) in [5.41, 5.74) is 0.812. The first kappa shape index (κ1) is 16.9. The summed E-state index contributed by atoms with van der Waals surface area (Å²) in [6.45, 7) is 0.173. The Hall–Kier alpha value is -1.93. The van der Waals surface area contributed by atoms with E-state index in [9.17, 15) is 8.42 Å². The third-order valence-corrected chi connectivity index (χ3v) is 5.39. The molecule has 1 N–H and O–H groups in total. The third-order valence-electron chi connectivity index (χ3n) is 3.11. The van der Waals surface area contributed by atoms with E-state index in [4.69, 9.17) is 16.3 Å². The number of halogens is 1. The van der Waals surface area contributed by atoms with Gasteiger partial charge in [-0.1, -0.05) is 41.1 Å². The SMILES string of the molecule is O=S(=O)(NCc1ccc(Oc2nccs2)cc1)c1cccc(Cl)c1. The van der Waals surface area contributed by atoms with E-state index in [-0.39, 0.29) is 11.4 Å². The molecule has 3 aromatic rings. The molecule has 0 bridgehead atoms. The predicted molar refractivity (Wildman–Crippen MR) is 94.1 cm³/mol. The van der Waals surface area contributed by atoms with E-state index in [1.807, 2.05) is 5.38 Å². The van der Waals surface area contributed by atoms with Crippen LogP contribution in [0.15, 0.2) is 65.0 Å². The molecule has 0 amide bonds. The van der Waals surface area contributed by atoms with Crippen molar-refractivity contribution in [3.8, 4) is 10.9 Å². The Morgan fingerprint density at radius 1 is 1.17 bits per heavy atom. The van der Waals surface area contributed by atoms with E-state index in [1.54, 1.807) is 42.6 Å². The summed E-state index contributed by atoms with van der Waals surface area (Å²) in [5.74, 6) is 0.645. The number of nitrogens with one attached hydrogen (secondary N) is 1. The summed E-state index contributed by atoms with van der Waals surface area (Å²) in [6, 6.07) is 13.3. The second-order valence-corrected chi connectivity index (χ2v) is 7.89. The Labute approximate surface area is 148 Å². The van der Waals surface area contributed by atoms with Crippen molar-refractivity contribution in [1.82, 2.24) is 9.71 Å². The molecule has 0 saturated carbocycles. The Balaban J connectivity index is 1.64. The highest BCUT2D eigenvalue weighted by Crippen LogP contribution is 2.23. The van der Waals surface area contributed by atoms with Gasteiger partial charge in [0, 0.05) is 23.1 Å². The zero-order valence-corrected chi connectivity index (χ0v) is 14.7. The zero-order valence-electron chi connectivity index (χ0n) is 12.3. The Kier molecular flexibility index (Phi) is 5.15. The molecule has 1 aromatic heterocycles. The van der Waals surface area contributed by atoms with Crippen molar-refractivity contribution in [3.63, 3.8) is 0 Å². The number of aromatic nitrogens is 1. The van der Waals surface area contributed by atoms with Crippen LogP contribution in [0.2, 0.25) is 5.02 Å². The lowest BCUT2D eigenvalue weighted by Gasteiger charge is -2.08. The highest BCUT2D eigenvalue weighted by atomic mass is 35.5. The molecule has 2 aromatic carbocycles. The first-order chi connectivity index (χ1) is 11.5. The number of hydrogen-bond donors (Lipinski definition) is 1. The van der Waals surface area contributed by atoms with Crippen molar-refractivity contribution in [1.29, 1.82) is 0 Å². The lowest BCUT2D eigenvalue weighted by Crippen LogP contribution is -2.23. The number of benzene rings is 2. The summed E-state index contributed by atoms with van der Waals surface area (Å²) >= 11 is 7.23. The molecular formula is C16H13ClN2O3S2. The van der Waals surface area contributed by atoms with Crippen molar-refractivity contribution in [3.05, 3.63) is 70.7 Å². The van der Waals surface area contributed by atoms with Crippen LogP contribution in [0.5, 0.6) is 10.9 Å². The summed E-state index contributed by atoms with van der Waals surface area (Å²) in [6.07, 6.45) is 1.67. The molecular weight excluding hydrogens is 368 g/mol. The summed E-state index contributed by atoms with van der Waals surface area (Å²) < 4.78 is 32.6. The van der Waals surface area contributed by atoms with Crippen LogP contribution < -0.4 is 9.46 Å². The molecule has 0 saturated heterocycles. The minimum Gasteiger partial charge on any atom is -0.431 e. The first-order valence-electron chi connectivity index (χ1n) is 6.94. The van der Waals surface area contributed by atoms with E-state index in [1.165, 1.54) is 23.5 Å². The van der Waals surface area contributed by atoms with E-state index in [0.29, 0.717) is 16.0 Å². The van der Waals surface area contributed by atoms with Crippen molar-refractivity contribution in [2.75, 3.05) is 0 Å². The van der Waals surface area contributed by atoms with Gasteiger partial charge in [-0.15, -0.1) is 0 Å². The largest absolute Gasteiger partial charge is 0.431 e. The van der Waals surface area contributed by atoms with Gasteiger partial charge >= 0.3 is 0 Å². The topological polar surface area (TPSA) is 68.3 Å². The molecule has 0 aliphatic carbocycles. The number of sulfonamides is 1. The summed E-state index contributed by atoms with van der Waals surface area (Å²) in [4.78, 5) is 4.17. The van der Waals surface area contributed by atoms with Gasteiger partial charge in [0.1, 0.15) is 5.75 Å². The maximum atomic E-state index is 12.2. The van der Waals surface area contributed by atoms with Crippen molar-refractivity contribution < 1.29 is 13.2 Å². The normalized spacial score (nSPS) is 11.4. The fourth-order valence-corrected chi connectivity index (χ4v) is 3.76. The van der Waals surface area contributed by atoms with Gasteiger partial charge in [-0.25, -0.2) is 18.1 Å². The summed E-state index contributed by atoms with van der Waals surface area (Å²) in [5, 5.41) is 2.76. The number of thiazole rings is 1. The first-order valence-corrected chi connectivity index (χ1v) is 9.68. The van der Waals surface area contributed by atoms with Gasteiger partial charge in [0.25, 0.3) is 5.19 Å². The van der Waals surface area contributed by atoms with Crippen LogP contribution in [0.4, 0.5) is 0 Å². The Bertz CT molecular complexity index is 911. The summed E-state index contributed by atoms with van der Waals surface area (Å²) in [7, 11) is -3.61. The molecule has 0 radical (unpaired) electrons. The maximum Gasteiger partial charge on any atom is 0.278 e. The molecule has 0 aliphatic rings. The smallest absolute Gasteiger partial charge is 0.278 e. The van der Waals surface area contributed by atoms with E-state index < -0.39 is 10.0 Å². The molecule has 0 aliphatic heterocycles. The quantitative estimate of drug-likeness (QED) is 0.700. The highest BCUT2D eigenvalue weighted by molar-refractivity contribution is 7.89. The minimum atomic E-state index is -3.61. The molecule has 8 heteroatoms. The van der Waals surface area contributed by atoms with Crippen LogP contribution in [0.1, 0.15) is 5.56 Å². The molecule has 124 valence electrons. The zero-order chi connectivity index (χ0) is 17.0. The van der Waals surface area contributed by atoms with Gasteiger partial charge in [0.15, 0.2) is 0 Å². The molecule has 0 spiro atoms. The van der Waals surface area contributed by atoms with Gasteiger partial charge in [-0.3, -0.25) is 0 Å². The molecule has 3 rings (SSSR count). The highest BCUT2D eigenvalue weighted by Gasteiger charge is 2.13.